The Morgan fingerprint density at radius 3 is 2.35 bits per heavy atom. The maximum absolute atomic E-state index is 13.6. The number of anilines is 1. The fourth-order valence-electron chi connectivity index (χ4n) is 4.38. The number of nitrogen functional groups attached to an aromatic ring is 1. The Morgan fingerprint density at radius 1 is 0.973 bits per heavy atom. The second-order valence-corrected chi connectivity index (χ2v) is 8.44. The molecule has 1 aliphatic heterocycles. The first-order valence-electron chi connectivity index (χ1n) is 11.4. The molecule has 3 N–H and O–H groups in total. The molecule has 8 nitrogen and oxygen atoms in total. The van der Waals surface area contributed by atoms with Crippen molar-refractivity contribution < 1.29 is 14.3 Å². The molecule has 37 heavy (non-hydrogen) atoms. The monoisotopic (exact) mass is 539 g/mol. The zero-order chi connectivity index (χ0) is 24.4. The third-order valence-corrected chi connectivity index (χ3v) is 6.08. The lowest BCUT2D eigenvalue weighted by Gasteiger charge is -2.17. The number of hydrogen-bond donors (Lipinski definition) is 2. The number of benzene rings is 3. The van der Waals surface area contributed by atoms with E-state index in [-0.39, 0.29) is 61.5 Å². The highest BCUT2D eigenvalue weighted by atomic mass is 35.5. The highest BCUT2D eigenvalue weighted by Gasteiger charge is 2.27. The van der Waals surface area contributed by atoms with Crippen molar-refractivity contribution in [2.45, 2.75) is 19.7 Å². The van der Waals surface area contributed by atoms with E-state index < -0.39 is 0 Å². The van der Waals surface area contributed by atoms with Gasteiger partial charge in [-0.05, 0) is 47.0 Å². The fourth-order valence-corrected chi connectivity index (χ4v) is 4.38. The number of aromatic nitrogens is 2. The second-order valence-electron chi connectivity index (χ2n) is 8.44. The highest BCUT2D eigenvalue weighted by molar-refractivity contribution is 6.06. The van der Waals surface area contributed by atoms with Gasteiger partial charge >= 0.3 is 5.97 Å². The summed E-state index contributed by atoms with van der Waals surface area (Å²) < 4.78 is 5.39. The first-order valence-corrected chi connectivity index (χ1v) is 11.4. The van der Waals surface area contributed by atoms with E-state index in [9.17, 15) is 9.59 Å². The van der Waals surface area contributed by atoms with E-state index in [1.54, 1.807) is 11.9 Å². The summed E-state index contributed by atoms with van der Waals surface area (Å²) in [5, 5.41) is 3.41. The minimum Gasteiger partial charge on any atom is -0.460 e. The minimum absolute atomic E-state index is 0. The number of rotatable bonds is 6. The van der Waals surface area contributed by atoms with E-state index in [4.69, 9.17) is 10.5 Å². The Morgan fingerprint density at radius 2 is 1.65 bits per heavy atom. The summed E-state index contributed by atoms with van der Waals surface area (Å²) in [6, 6.07) is 21.4. The number of amides is 1. The molecule has 192 valence electrons. The van der Waals surface area contributed by atoms with Gasteiger partial charge in [-0.3, -0.25) is 9.59 Å². The van der Waals surface area contributed by atoms with Crippen LogP contribution in [0, 0.1) is 0 Å². The number of fused-ring (bicyclic) bond motifs is 2. The van der Waals surface area contributed by atoms with Crippen LogP contribution in [0.5, 0.6) is 0 Å². The van der Waals surface area contributed by atoms with Crippen LogP contribution in [0.25, 0.3) is 22.0 Å². The number of nitrogens with one attached hydrogen (secondary N) is 1. The molecule has 0 bridgehead atoms. The minimum atomic E-state index is -0.329. The molecule has 4 aromatic rings. The molecule has 3 aromatic carbocycles. The smallest absolute Gasteiger partial charge is 0.320 e. The number of hydrogen-bond acceptors (Lipinski definition) is 7. The van der Waals surface area contributed by atoms with Crippen molar-refractivity contribution in [2.75, 3.05) is 19.3 Å². The molecule has 1 aliphatic rings. The van der Waals surface area contributed by atoms with Crippen molar-refractivity contribution in [1.82, 2.24) is 20.2 Å². The zero-order valence-electron chi connectivity index (χ0n) is 20.1. The standard InChI is InChI=1S/C27H25N5O3.2ClH/c1-29-13-24(33)35-16-20-8-4-5-9-21(20)17-10-11-23-22(12-17)25(31-27(28)30-23)26(34)32-14-18-6-2-3-7-19(18)15-32;;/h2-12,29H,13-16H2,1H3,(H2,28,30,31);2*1H. The molecule has 0 fully saturated rings. The van der Waals surface area contributed by atoms with E-state index in [1.165, 1.54) is 0 Å². The molecule has 0 saturated carbocycles. The topological polar surface area (TPSA) is 110 Å². The van der Waals surface area contributed by atoms with Gasteiger partial charge in [0.15, 0.2) is 0 Å². The van der Waals surface area contributed by atoms with Crippen LogP contribution in [0.1, 0.15) is 27.2 Å². The van der Waals surface area contributed by atoms with E-state index in [1.807, 2.05) is 66.7 Å². The van der Waals surface area contributed by atoms with Gasteiger partial charge in [-0.25, -0.2) is 9.97 Å². The third-order valence-electron chi connectivity index (χ3n) is 6.08. The van der Waals surface area contributed by atoms with E-state index in [2.05, 4.69) is 15.3 Å². The second kappa shape index (κ2) is 12.0. The molecule has 0 saturated heterocycles. The largest absolute Gasteiger partial charge is 0.460 e. The summed E-state index contributed by atoms with van der Waals surface area (Å²) in [7, 11) is 1.69. The highest BCUT2D eigenvalue weighted by Crippen LogP contribution is 2.30. The lowest BCUT2D eigenvalue weighted by Crippen LogP contribution is -2.27. The molecule has 1 amide bonds. The van der Waals surface area contributed by atoms with Gasteiger partial charge in [-0.15, -0.1) is 24.8 Å². The lowest BCUT2D eigenvalue weighted by atomic mass is 9.98. The quantitative estimate of drug-likeness (QED) is 0.354. The van der Waals surface area contributed by atoms with E-state index >= 15 is 0 Å². The zero-order valence-corrected chi connectivity index (χ0v) is 21.8. The molecular weight excluding hydrogens is 513 g/mol. The first-order chi connectivity index (χ1) is 17.0. The number of nitrogens with two attached hydrogens (primary N) is 1. The Hall–Kier alpha value is -3.72. The van der Waals surface area contributed by atoms with Crippen molar-refractivity contribution in [3.8, 4) is 11.1 Å². The molecule has 0 atom stereocenters. The fraction of sp³-hybridized carbons (Fsp3) is 0.185. The number of ether oxygens (including phenoxy) is 1. The summed E-state index contributed by atoms with van der Waals surface area (Å²) in [4.78, 5) is 35.9. The molecule has 2 heterocycles. The summed E-state index contributed by atoms with van der Waals surface area (Å²) in [5.41, 5.74) is 11.7. The van der Waals surface area contributed by atoms with Crippen molar-refractivity contribution >= 4 is 53.5 Å². The molecule has 1 aromatic heterocycles. The van der Waals surface area contributed by atoms with E-state index in [0.29, 0.717) is 24.0 Å². The van der Waals surface area contributed by atoms with Gasteiger partial charge in [0.1, 0.15) is 12.3 Å². The maximum atomic E-state index is 13.6. The number of halogens is 2. The molecule has 0 aliphatic carbocycles. The summed E-state index contributed by atoms with van der Waals surface area (Å²) in [6.45, 7) is 1.34. The molecule has 0 radical (unpaired) electrons. The van der Waals surface area contributed by atoms with Crippen LogP contribution in [0.3, 0.4) is 0 Å². The van der Waals surface area contributed by atoms with Crippen LogP contribution in [0.2, 0.25) is 0 Å². The maximum Gasteiger partial charge on any atom is 0.320 e. The Bertz CT molecular complexity index is 1420. The normalized spacial score (nSPS) is 11.9. The van der Waals surface area contributed by atoms with Crippen molar-refractivity contribution in [3.05, 3.63) is 89.1 Å². The van der Waals surface area contributed by atoms with Crippen molar-refractivity contribution in [1.29, 1.82) is 0 Å². The molecule has 0 spiro atoms. The number of esters is 1. The number of carbonyl (C=O) groups excluding carboxylic acids is 2. The van der Waals surface area contributed by atoms with Crippen LogP contribution in [-0.4, -0.2) is 40.3 Å². The molecule has 5 rings (SSSR count). The summed E-state index contributed by atoms with van der Waals surface area (Å²) in [6.07, 6.45) is 0. The Balaban J connectivity index is 0.00000190. The predicted octanol–water partition coefficient (Wildman–Crippen LogP) is 4.14. The Kier molecular flexibility index (Phi) is 9.04. The third kappa shape index (κ3) is 5.83. The van der Waals surface area contributed by atoms with Gasteiger partial charge in [0.2, 0.25) is 5.95 Å². The lowest BCUT2D eigenvalue weighted by molar-refractivity contribution is -0.143. The molecule has 0 unspecified atom stereocenters. The number of likely N-dealkylation sites (N-methyl/N-ethyl adjacent to an activating group) is 1. The van der Waals surface area contributed by atoms with Crippen molar-refractivity contribution in [3.63, 3.8) is 0 Å². The number of nitrogens with zero attached hydrogens (tertiary/aromatic N) is 3. The Labute approximate surface area is 227 Å². The summed E-state index contributed by atoms with van der Waals surface area (Å²) >= 11 is 0. The van der Waals surface area contributed by atoms with Gasteiger partial charge in [-0.2, -0.15) is 0 Å². The van der Waals surface area contributed by atoms with Crippen LogP contribution in [-0.2, 0) is 29.2 Å². The molecule has 10 heteroatoms. The predicted molar refractivity (Wildman–Crippen MR) is 148 cm³/mol. The van der Waals surface area contributed by atoms with E-state index in [0.717, 1.165) is 27.8 Å². The molecular formula is C27H27Cl2N5O3. The van der Waals surface area contributed by atoms with Gasteiger partial charge in [0, 0.05) is 18.5 Å². The SMILES string of the molecule is CNCC(=O)OCc1ccccc1-c1ccc2nc(N)nc(C(=O)N3Cc4ccccc4C3)c2c1.Cl.Cl. The van der Waals surface area contributed by atoms with Gasteiger partial charge < -0.3 is 20.7 Å². The average Bonchev–Trinajstić information content (AvgIpc) is 3.31. The van der Waals surface area contributed by atoms with Gasteiger partial charge in [0.05, 0.1) is 12.1 Å². The van der Waals surface area contributed by atoms with Crippen LogP contribution >= 0.6 is 24.8 Å². The van der Waals surface area contributed by atoms with Crippen LogP contribution in [0.4, 0.5) is 5.95 Å². The van der Waals surface area contributed by atoms with Crippen molar-refractivity contribution in [2.24, 2.45) is 0 Å². The summed E-state index contributed by atoms with van der Waals surface area (Å²) in [5.74, 6) is -0.460. The first kappa shape index (κ1) is 27.9. The van der Waals surface area contributed by atoms with Crippen LogP contribution < -0.4 is 11.1 Å². The van der Waals surface area contributed by atoms with Gasteiger partial charge in [0.25, 0.3) is 5.91 Å². The number of carbonyl (C=O) groups is 2. The van der Waals surface area contributed by atoms with Gasteiger partial charge in [-0.1, -0.05) is 54.6 Å². The average molecular weight is 540 g/mol. The van der Waals surface area contributed by atoms with Crippen LogP contribution in [0.15, 0.2) is 66.7 Å².